The summed E-state index contributed by atoms with van der Waals surface area (Å²) in [4.78, 5) is 55.9. The van der Waals surface area contributed by atoms with Gasteiger partial charge in [-0.3, -0.25) is 0 Å². The Kier molecular flexibility index (Phi) is 13.4. The molecule has 0 radical (unpaired) electrons. The second-order valence-corrected chi connectivity index (χ2v) is 6.05. The summed E-state index contributed by atoms with van der Waals surface area (Å²) in [5.74, 6) is -4.88. The highest BCUT2D eigenvalue weighted by atomic mass is 32.1. The largest absolute Gasteiger partial charge is 0.390 e. The summed E-state index contributed by atoms with van der Waals surface area (Å²) in [5.41, 5.74) is 10.7. The Balaban J connectivity index is 4.66. The molecule has 14 heteroatoms. The van der Waals surface area contributed by atoms with Crippen LogP contribution in [0.3, 0.4) is 0 Å². The van der Waals surface area contributed by atoms with E-state index in [0.29, 0.717) is 0 Å². The molecule has 0 saturated heterocycles. The zero-order valence-electron chi connectivity index (χ0n) is 13.3. The fourth-order valence-corrected chi connectivity index (χ4v) is 1.77. The normalized spacial score (nSPS) is 15.5. The molecule has 0 aromatic heterocycles. The van der Waals surface area contributed by atoms with Gasteiger partial charge in [-0.1, -0.05) is 0 Å². The number of carbonyl (C=O) groups excluding carboxylic acids is 4. The van der Waals surface area contributed by atoms with Crippen LogP contribution >= 0.6 is 50.5 Å². The summed E-state index contributed by atoms with van der Waals surface area (Å²) in [6, 6.07) is -2.21. The average molecular weight is 449 g/mol. The van der Waals surface area contributed by atoms with Crippen molar-refractivity contribution in [2.45, 2.75) is 24.3 Å². The van der Waals surface area contributed by atoms with Gasteiger partial charge in [0.25, 0.3) is 0 Å². The third-order valence-corrected chi connectivity index (χ3v) is 4.00. The Labute approximate surface area is 171 Å². The lowest BCUT2D eigenvalue weighted by atomic mass is 10.3. The summed E-state index contributed by atoms with van der Waals surface area (Å²) in [5, 5.41) is 0. The molecule has 0 amide bonds. The maximum atomic E-state index is 11.8. The van der Waals surface area contributed by atoms with Crippen LogP contribution in [-0.2, 0) is 38.4 Å². The number of ether oxygens (including phenoxy) is 2. The minimum absolute atomic E-state index is 0.0367. The van der Waals surface area contributed by atoms with Crippen molar-refractivity contribution in [2.24, 2.45) is 11.5 Å². The number of carbonyl (C=O) groups is 4. The fraction of sp³-hybridized carbons (Fsp3) is 0.667. The standard InChI is InChI=1S/C12H20N2O8S4/c13-5(1-23)9(15)19-11(17)7(3-25)21-22-8(4-26)12(18)20-10(16)6(14)2-24/h5-8,23-26H,1-4,13-14H2/t5-,6-,7?,8?/m0/s1. The Morgan fingerprint density at radius 3 is 1.15 bits per heavy atom. The number of esters is 4. The molecule has 0 heterocycles. The Hall–Kier alpha value is -0.480. The van der Waals surface area contributed by atoms with Gasteiger partial charge in [0, 0.05) is 23.0 Å². The van der Waals surface area contributed by atoms with E-state index in [4.69, 9.17) is 21.2 Å². The highest BCUT2D eigenvalue weighted by Crippen LogP contribution is 2.07. The van der Waals surface area contributed by atoms with Crippen molar-refractivity contribution in [3.8, 4) is 0 Å². The van der Waals surface area contributed by atoms with Gasteiger partial charge < -0.3 is 20.9 Å². The molecule has 0 rings (SSSR count). The summed E-state index contributed by atoms with van der Waals surface area (Å²) < 4.78 is 8.95. The summed E-state index contributed by atoms with van der Waals surface area (Å²) in [7, 11) is 0. The molecule has 0 aliphatic heterocycles. The van der Waals surface area contributed by atoms with Crippen LogP contribution in [-0.4, -0.2) is 71.2 Å². The van der Waals surface area contributed by atoms with Crippen molar-refractivity contribution in [2.75, 3.05) is 23.0 Å². The molecular formula is C12H20N2O8S4. The number of rotatable bonds is 11. The van der Waals surface area contributed by atoms with Crippen molar-refractivity contribution in [1.29, 1.82) is 0 Å². The van der Waals surface area contributed by atoms with E-state index < -0.39 is 48.2 Å². The quantitative estimate of drug-likeness (QED) is 0.0699. The first-order chi connectivity index (χ1) is 12.2. The van der Waals surface area contributed by atoms with Gasteiger partial charge in [0.1, 0.15) is 12.1 Å². The zero-order valence-corrected chi connectivity index (χ0v) is 16.9. The lowest BCUT2D eigenvalue weighted by Crippen LogP contribution is -2.41. The highest BCUT2D eigenvalue weighted by Gasteiger charge is 2.30. The van der Waals surface area contributed by atoms with Crippen LogP contribution in [0.25, 0.3) is 0 Å². The summed E-state index contributed by atoms with van der Waals surface area (Å²) in [6.45, 7) is 0. The number of thiol groups is 4. The molecule has 2 unspecified atom stereocenters. The molecule has 0 aromatic carbocycles. The minimum atomic E-state index is -1.46. The van der Waals surface area contributed by atoms with Gasteiger partial charge >= 0.3 is 23.9 Å². The molecule has 4 atom stereocenters. The number of hydrogen-bond donors (Lipinski definition) is 6. The van der Waals surface area contributed by atoms with Crippen molar-refractivity contribution < 1.29 is 38.4 Å². The molecule has 10 nitrogen and oxygen atoms in total. The molecule has 4 N–H and O–H groups in total. The molecule has 150 valence electrons. The van der Waals surface area contributed by atoms with E-state index in [0.717, 1.165) is 0 Å². The summed E-state index contributed by atoms with van der Waals surface area (Å²) >= 11 is 15.3. The van der Waals surface area contributed by atoms with Crippen LogP contribution in [0.15, 0.2) is 0 Å². The number of nitrogens with two attached hydrogens (primary N) is 2. The first kappa shape index (κ1) is 25.5. The molecular weight excluding hydrogens is 428 g/mol. The Morgan fingerprint density at radius 1 is 0.615 bits per heavy atom. The first-order valence-electron chi connectivity index (χ1n) is 6.99. The van der Waals surface area contributed by atoms with Crippen molar-refractivity contribution in [3.05, 3.63) is 0 Å². The van der Waals surface area contributed by atoms with Crippen molar-refractivity contribution >= 4 is 74.4 Å². The molecule has 0 aromatic rings. The van der Waals surface area contributed by atoms with E-state index in [1.807, 2.05) is 0 Å². The topological polar surface area (TPSA) is 157 Å². The maximum absolute atomic E-state index is 11.8. The molecule has 0 bridgehead atoms. The Bertz CT molecular complexity index is 466. The molecule has 0 spiro atoms. The van der Waals surface area contributed by atoms with E-state index in [-0.39, 0.29) is 23.0 Å². The van der Waals surface area contributed by atoms with E-state index in [1.54, 1.807) is 0 Å². The van der Waals surface area contributed by atoms with Crippen LogP contribution in [0.5, 0.6) is 0 Å². The summed E-state index contributed by atoms with van der Waals surface area (Å²) in [6.07, 6.45) is -2.92. The van der Waals surface area contributed by atoms with Crippen LogP contribution < -0.4 is 11.5 Å². The highest BCUT2D eigenvalue weighted by molar-refractivity contribution is 7.80. The maximum Gasteiger partial charge on any atom is 0.347 e. The van der Waals surface area contributed by atoms with Gasteiger partial charge in [-0.15, -0.1) is 0 Å². The van der Waals surface area contributed by atoms with E-state index in [1.165, 1.54) is 0 Å². The SMILES string of the molecule is N[C@@H](CS)C(=O)OC(=O)C(CS)OOC(CS)C(=O)OC(=O)[C@@H](N)CS. The number of hydrogen-bond acceptors (Lipinski definition) is 14. The van der Waals surface area contributed by atoms with Crippen LogP contribution in [0.2, 0.25) is 0 Å². The molecule has 0 aliphatic rings. The van der Waals surface area contributed by atoms with Gasteiger partial charge in [-0.2, -0.15) is 50.5 Å². The third kappa shape index (κ3) is 8.94. The molecule has 26 heavy (non-hydrogen) atoms. The van der Waals surface area contributed by atoms with Crippen LogP contribution in [0.4, 0.5) is 0 Å². The van der Waals surface area contributed by atoms with E-state index >= 15 is 0 Å². The lowest BCUT2D eigenvalue weighted by molar-refractivity contribution is -0.333. The van der Waals surface area contributed by atoms with Crippen molar-refractivity contribution in [3.63, 3.8) is 0 Å². The second-order valence-electron chi connectivity index (χ2n) is 4.59. The Morgan fingerprint density at radius 2 is 0.923 bits per heavy atom. The van der Waals surface area contributed by atoms with Crippen LogP contribution in [0, 0.1) is 0 Å². The fourth-order valence-electron chi connectivity index (χ4n) is 1.05. The van der Waals surface area contributed by atoms with E-state index in [9.17, 15) is 19.2 Å². The van der Waals surface area contributed by atoms with Crippen LogP contribution in [0.1, 0.15) is 0 Å². The van der Waals surface area contributed by atoms with Gasteiger partial charge in [-0.25, -0.2) is 29.0 Å². The molecule has 0 saturated carbocycles. The smallest absolute Gasteiger partial charge is 0.347 e. The molecule has 0 fully saturated rings. The minimum Gasteiger partial charge on any atom is -0.390 e. The van der Waals surface area contributed by atoms with Crippen molar-refractivity contribution in [1.82, 2.24) is 0 Å². The van der Waals surface area contributed by atoms with Gasteiger partial charge in [0.05, 0.1) is 0 Å². The zero-order chi connectivity index (χ0) is 20.3. The van der Waals surface area contributed by atoms with Gasteiger partial charge in [-0.05, 0) is 0 Å². The average Bonchev–Trinajstić information content (AvgIpc) is 2.63. The van der Waals surface area contributed by atoms with Gasteiger partial charge in [0.15, 0.2) is 12.2 Å². The first-order valence-corrected chi connectivity index (χ1v) is 9.52. The van der Waals surface area contributed by atoms with Gasteiger partial charge in [0.2, 0.25) is 0 Å². The monoisotopic (exact) mass is 448 g/mol. The predicted octanol–water partition coefficient (Wildman–Crippen LogP) is -1.81. The third-order valence-electron chi connectivity index (χ3n) is 2.55. The molecule has 0 aliphatic carbocycles. The van der Waals surface area contributed by atoms with E-state index in [2.05, 4.69) is 60.0 Å². The lowest BCUT2D eigenvalue weighted by Gasteiger charge is -2.18. The predicted molar refractivity (Wildman–Crippen MR) is 103 cm³/mol. The second kappa shape index (κ2) is 13.7.